The predicted molar refractivity (Wildman–Crippen MR) is 51.1 cm³/mol. The van der Waals surface area contributed by atoms with Crippen LogP contribution in [-0.2, 0) is 4.79 Å². The average Bonchev–Trinajstić information content (AvgIpc) is 2.08. The van der Waals surface area contributed by atoms with E-state index in [0.29, 0.717) is 5.57 Å². The summed E-state index contributed by atoms with van der Waals surface area (Å²) in [5.41, 5.74) is 0.655. The molecule has 3 nitrogen and oxygen atoms in total. The van der Waals surface area contributed by atoms with E-state index >= 15 is 0 Å². The molecule has 0 heterocycles. The highest BCUT2D eigenvalue weighted by atomic mass is 16.3. The number of likely N-dealkylation sites (N-methyl/N-ethyl adjacent to an activating group) is 1. The van der Waals surface area contributed by atoms with Crippen LogP contribution in [0.4, 0.5) is 0 Å². The molecule has 72 valence electrons. The Kier molecular flexibility index (Phi) is 2.88. The highest BCUT2D eigenvalue weighted by Gasteiger charge is 2.18. The van der Waals surface area contributed by atoms with E-state index in [4.69, 9.17) is 0 Å². The van der Waals surface area contributed by atoms with Crippen LogP contribution in [-0.4, -0.2) is 36.1 Å². The first kappa shape index (κ1) is 9.99. The molecule has 0 saturated heterocycles. The zero-order valence-corrected chi connectivity index (χ0v) is 8.19. The van der Waals surface area contributed by atoms with Crippen LogP contribution in [0, 0.1) is 5.92 Å². The molecule has 0 aromatic carbocycles. The monoisotopic (exact) mass is 181 g/mol. The molecule has 3 heteroatoms. The van der Waals surface area contributed by atoms with Crippen molar-refractivity contribution in [3.8, 4) is 0 Å². The molecular weight excluding hydrogens is 166 g/mol. The van der Waals surface area contributed by atoms with Crippen molar-refractivity contribution in [2.75, 3.05) is 14.1 Å². The van der Waals surface area contributed by atoms with Gasteiger partial charge < -0.3 is 10.0 Å². The Morgan fingerprint density at radius 3 is 2.62 bits per heavy atom. The average molecular weight is 181 g/mol. The highest BCUT2D eigenvalue weighted by molar-refractivity contribution is 5.96. The third kappa shape index (κ3) is 2.18. The molecule has 13 heavy (non-hydrogen) atoms. The summed E-state index contributed by atoms with van der Waals surface area (Å²) in [4.78, 5) is 13.0. The van der Waals surface area contributed by atoms with E-state index in [1.807, 2.05) is 6.92 Å². The van der Waals surface area contributed by atoms with E-state index in [1.54, 1.807) is 32.3 Å². The van der Waals surface area contributed by atoms with Gasteiger partial charge in [0.2, 0.25) is 0 Å². The molecule has 2 atom stereocenters. The minimum Gasteiger partial charge on any atom is -0.388 e. The van der Waals surface area contributed by atoms with Gasteiger partial charge in [0.25, 0.3) is 5.91 Å². The number of carbonyl (C=O) groups is 1. The van der Waals surface area contributed by atoms with E-state index in [0.717, 1.165) is 0 Å². The van der Waals surface area contributed by atoms with Crippen molar-refractivity contribution in [2.24, 2.45) is 5.92 Å². The van der Waals surface area contributed by atoms with Gasteiger partial charge in [0.1, 0.15) is 0 Å². The van der Waals surface area contributed by atoms with Crippen LogP contribution in [0.1, 0.15) is 6.92 Å². The maximum Gasteiger partial charge on any atom is 0.253 e. The van der Waals surface area contributed by atoms with Gasteiger partial charge in [-0.25, -0.2) is 0 Å². The van der Waals surface area contributed by atoms with Gasteiger partial charge in [-0.05, 0) is 0 Å². The number of aliphatic hydroxyl groups excluding tert-OH is 1. The molecule has 1 aliphatic carbocycles. The Hall–Kier alpha value is -1.09. The summed E-state index contributed by atoms with van der Waals surface area (Å²) in [5.74, 6) is -0.00102. The van der Waals surface area contributed by atoms with Gasteiger partial charge in [-0.1, -0.05) is 25.2 Å². The third-order valence-electron chi connectivity index (χ3n) is 2.11. The Morgan fingerprint density at radius 2 is 2.15 bits per heavy atom. The van der Waals surface area contributed by atoms with Crippen molar-refractivity contribution in [3.05, 3.63) is 23.8 Å². The topological polar surface area (TPSA) is 40.5 Å². The van der Waals surface area contributed by atoms with Gasteiger partial charge in [0.15, 0.2) is 0 Å². The summed E-state index contributed by atoms with van der Waals surface area (Å²) in [5, 5.41) is 9.36. The van der Waals surface area contributed by atoms with E-state index in [9.17, 15) is 9.90 Å². The quantitative estimate of drug-likeness (QED) is 0.642. The second kappa shape index (κ2) is 3.75. The van der Waals surface area contributed by atoms with Crippen LogP contribution >= 0.6 is 0 Å². The molecular formula is C10H15NO2. The van der Waals surface area contributed by atoms with Gasteiger partial charge in [-0.3, -0.25) is 4.79 Å². The van der Waals surface area contributed by atoms with E-state index in [-0.39, 0.29) is 11.8 Å². The Labute approximate surface area is 78.4 Å². The normalized spacial score (nSPS) is 26.9. The Balaban J connectivity index is 2.79. The minimum atomic E-state index is -0.460. The summed E-state index contributed by atoms with van der Waals surface area (Å²) in [6, 6.07) is 0. The van der Waals surface area contributed by atoms with E-state index < -0.39 is 6.10 Å². The van der Waals surface area contributed by atoms with Crippen molar-refractivity contribution in [1.82, 2.24) is 4.90 Å². The standard InChI is InChI=1S/C10H15NO2/c1-7-6-8(4-5-9(7)12)10(13)11(2)3/h4-7,9,12H,1-3H3/t7-,9?/m0/s1. The zero-order valence-electron chi connectivity index (χ0n) is 8.19. The third-order valence-corrected chi connectivity index (χ3v) is 2.11. The molecule has 1 aliphatic rings. The smallest absolute Gasteiger partial charge is 0.253 e. The van der Waals surface area contributed by atoms with Crippen LogP contribution in [0.15, 0.2) is 23.8 Å². The van der Waals surface area contributed by atoms with Crippen LogP contribution < -0.4 is 0 Å². The number of amides is 1. The number of nitrogens with zero attached hydrogens (tertiary/aromatic N) is 1. The van der Waals surface area contributed by atoms with Crippen LogP contribution in [0.5, 0.6) is 0 Å². The summed E-state index contributed by atoms with van der Waals surface area (Å²) < 4.78 is 0. The number of hydrogen-bond donors (Lipinski definition) is 1. The fourth-order valence-corrected chi connectivity index (χ4v) is 1.22. The predicted octanol–water partition coefficient (Wildman–Crippen LogP) is 0.568. The number of aliphatic hydroxyl groups is 1. The summed E-state index contributed by atoms with van der Waals surface area (Å²) in [6.45, 7) is 1.89. The number of carbonyl (C=O) groups excluding carboxylic acids is 1. The lowest BCUT2D eigenvalue weighted by molar-refractivity contribution is -0.124. The van der Waals surface area contributed by atoms with Crippen molar-refractivity contribution in [2.45, 2.75) is 13.0 Å². The molecule has 0 radical (unpaired) electrons. The Morgan fingerprint density at radius 1 is 1.54 bits per heavy atom. The van der Waals surface area contributed by atoms with Crippen molar-refractivity contribution in [3.63, 3.8) is 0 Å². The second-order valence-corrected chi connectivity index (χ2v) is 3.53. The molecule has 1 unspecified atom stereocenters. The first-order valence-electron chi connectivity index (χ1n) is 4.32. The molecule has 0 saturated carbocycles. The van der Waals surface area contributed by atoms with Crippen molar-refractivity contribution >= 4 is 5.91 Å². The highest BCUT2D eigenvalue weighted by Crippen LogP contribution is 2.17. The minimum absolute atomic E-state index is 0.0175. The van der Waals surface area contributed by atoms with E-state index in [1.165, 1.54) is 4.90 Å². The second-order valence-electron chi connectivity index (χ2n) is 3.53. The van der Waals surface area contributed by atoms with Crippen LogP contribution in [0.3, 0.4) is 0 Å². The summed E-state index contributed by atoms with van der Waals surface area (Å²) in [6.07, 6.45) is 4.67. The number of rotatable bonds is 1. The lowest BCUT2D eigenvalue weighted by Gasteiger charge is -2.19. The van der Waals surface area contributed by atoms with Gasteiger partial charge in [-0.15, -0.1) is 0 Å². The fraction of sp³-hybridized carbons (Fsp3) is 0.500. The van der Waals surface area contributed by atoms with Gasteiger partial charge in [0.05, 0.1) is 6.10 Å². The van der Waals surface area contributed by atoms with Crippen molar-refractivity contribution in [1.29, 1.82) is 0 Å². The first-order chi connectivity index (χ1) is 6.02. The lowest BCUT2D eigenvalue weighted by Crippen LogP contribution is -2.26. The molecule has 0 bridgehead atoms. The maximum atomic E-state index is 11.5. The van der Waals surface area contributed by atoms with Gasteiger partial charge in [-0.2, -0.15) is 0 Å². The molecule has 0 aliphatic heterocycles. The molecule has 0 aromatic heterocycles. The van der Waals surface area contributed by atoms with Gasteiger partial charge in [0, 0.05) is 25.6 Å². The largest absolute Gasteiger partial charge is 0.388 e. The Bertz CT molecular complexity index is 266. The fourth-order valence-electron chi connectivity index (χ4n) is 1.22. The SMILES string of the molecule is C[C@H]1C=C(C(=O)N(C)C)C=CC1O. The van der Waals surface area contributed by atoms with E-state index in [2.05, 4.69) is 0 Å². The molecule has 0 spiro atoms. The zero-order chi connectivity index (χ0) is 10.0. The van der Waals surface area contributed by atoms with Gasteiger partial charge >= 0.3 is 0 Å². The molecule has 1 N–H and O–H groups in total. The summed E-state index contributed by atoms with van der Waals surface area (Å²) in [7, 11) is 3.43. The number of hydrogen-bond acceptors (Lipinski definition) is 2. The van der Waals surface area contributed by atoms with Crippen LogP contribution in [0.25, 0.3) is 0 Å². The van der Waals surface area contributed by atoms with Crippen LogP contribution in [0.2, 0.25) is 0 Å². The molecule has 0 aromatic rings. The molecule has 1 amide bonds. The first-order valence-corrected chi connectivity index (χ1v) is 4.32. The van der Waals surface area contributed by atoms with Crippen molar-refractivity contribution < 1.29 is 9.90 Å². The maximum absolute atomic E-state index is 11.5. The summed E-state index contributed by atoms with van der Waals surface area (Å²) >= 11 is 0. The molecule has 0 fully saturated rings. The molecule has 1 rings (SSSR count). The lowest BCUT2D eigenvalue weighted by atomic mass is 9.95.